The van der Waals surface area contributed by atoms with Gasteiger partial charge in [-0.25, -0.2) is 4.98 Å². The summed E-state index contributed by atoms with van der Waals surface area (Å²) in [6.45, 7) is 4.46. The minimum absolute atomic E-state index is 0.102. The van der Waals surface area contributed by atoms with Gasteiger partial charge in [-0.3, -0.25) is 9.36 Å². The standard InChI is InChI=1S/C12H15ClIN3O/c1-12(2,7-15)5-3-4-6-17-8-16-10(13)9(14)11(17)18/h8H,3-6H2,1-2H3. The van der Waals surface area contributed by atoms with E-state index >= 15 is 0 Å². The van der Waals surface area contributed by atoms with Gasteiger partial charge in [0, 0.05) is 6.54 Å². The number of aromatic nitrogens is 2. The van der Waals surface area contributed by atoms with Crippen LogP contribution in [0.4, 0.5) is 0 Å². The predicted molar refractivity (Wildman–Crippen MR) is 79.5 cm³/mol. The molecule has 0 bridgehead atoms. The molecule has 0 fully saturated rings. The molecule has 0 unspecified atom stereocenters. The van der Waals surface area contributed by atoms with Gasteiger partial charge in [-0.15, -0.1) is 0 Å². The first kappa shape index (κ1) is 15.4. The Bertz CT molecular complexity index is 519. The Kier molecular flexibility index (Phi) is 5.60. The van der Waals surface area contributed by atoms with Gasteiger partial charge < -0.3 is 0 Å². The number of nitrogens with zero attached hydrogens (tertiary/aromatic N) is 3. The van der Waals surface area contributed by atoms with Gasteiger partial charge in [-0.2, -0.15) is 5.26 Å². The first-order valence-electron chi connectivity index (χ1n) is 5.69. The predicted octanol–water partition coefficient (Wildman–Crippen LogP) is 3.22. The van der Waals surface area contributed by atoms with Gasteiger partial charge in [0.1, 0.15) is 8.72 Å². The first-order valence-corrected chi connectivity index (χ1v) is 7.15. The molecule has 0 saturated carbocycles. The highest BCUT2D eigenvalue weighted by Gasteiger charge is 2.15. The van der Waals surface area contributed by atoms with Crippen LogP contribution in [0.15, 0.2) is 11.1 Å². The van der Waals surface area contributed by atoms with Crippen molar-refractivity contribution in [1.82, 2.24) is 9.55 Å². The zero-order valence-electron chi connectivity index (χ0n) is 10.4. The number of hydrogen-bond acceptors (Lipinski definition) is 3. The SMILES string of the molecule is CC(C)(C#N)CCCCn1cnc(Cl)c(I)c1=O. The molecule has 1 heterocycles. The van der Waals surface area contributed by atoms with Crippen molar-refractivity contribution in [2.75, 3.05) is 0 Å². The van der Waals surface area contributed by atoms with Crippen molar-refractivity contribution >= 4 is 34.2 Å². The van der Waals surface area contributed by atoms with Crippen LogP contribution < -0.4 is 5.56 Å². The molecule has 0 amide bonds. The molecular weight excluding hydrogens is 365 g/mol. The van der Waals surface area contributed by atoms with E-state index in [2.05, 4.69) is 11.1 Å². The molecule has 0 aliphatic carbocycles. The second kappa shape index (κ2) is 6.53. The fourth-order valence-corrected chi connectivity index (χ4v) is 2.08. The Morgan fingerprint density at radius 3 is 2.83 bits per heavy atom. The molecule has 0 saturated heterocycles. The number of nitriles is 1. The molecule has 0 radical (unpaired) electrons. The lowest BCUT2D eigenvalue weighted by atomic mass is 9.89. The van der Waals surface area contributed by atoms with Crippen LogP contribution in [0.2, 0.25) is 5.15 Å². The van der Waals surface area contributed by atoms with Gasteiger partial charge in [0.25, 0.3) is 5.56 Å². The molecular formula is C12H15ClIN3O. The maximum Gasteiger partial charge on any atom is 0.268 e. The molecule has 4 nitrogen and oxygen atoms in total. The highest BCUT2D eigenvalue weighted by molar-refractivity contribution is 14.1. The van der Waals surface area contributed by atoms with E-state index in [1.54, 1.807) is 4.57 Å². The van der Waals surface area contributed by atoms with Crippen molar-refractivity contribution in [2.45, 2.75) is 39.7 Å². The zero-order chi connectivity index (χ0) is 13.8. The number of halogens is 2. The van der Waals surface area contributed by atoms with Crippen LogP contribution in [0.1, 0.15) is 33.1 Å². The van der Waals surface area contributed by atoms with Crippen molar-refractivity contribution in [3.8, 4) is 6.07 Å². The fourth-order valence-electron chi connectivity index (χ4n) is 1.51. The van der Waals surface area contributed by atoms with Crippen molar-refractivity contribution in [3.05, 3.63) is 25.4 Å². The Morgan fingerprint density at radius 2 is 2.22 bits per heavy atom. The summed E-state index contributed by atoms with van der Waals surface area (Å²) in [6.07, 6.45) is 4.06. The molecule has 0 spiro atoms. The summed E-state index contributed by atoms with van der Waals surface area (Å²) in [5.41, 5.74) is -0.396. The maximum absolute atomic E-state index is 11.8. The number of aryl methyl sites for hydroxylation is 1. The van der Waals surface area contributed by atoms with Crippen LogP contribution in [0.5, 0.6) is 0 Å². The second-order valence-electron chi connectivity index (χ2n) is 4.80. The minimum atomic E-state index is -0.294. The monoisotopic (exact) mass is 379 g/mol. The Balaban J connectivity index is 2.54. The summed E-state index contributed by atoms with van der Waals surface area (Å²) < 4.78 is 2.02. The van der Waals surface area contributed by atoms with Gasteiger partial charge in [-0.05, 0) is 49.3 Å². The van der Waals surface area contributed by atoms with E-state index in [9.17, 15) is 4.79 Å². The average molecular weight is 380 g/mol. The normalized spacial score (nSPS) is 11.3. The second-order valence-corrected chi connectivity index (χ2v) is 6.24. The topological polar surface area (TPSA) is 58.7 Å². The van der Waals surface area contributed by atoms with E-state index in [0.29, 0.717) is 10.1 Å². The van der Waals surface area contributed by atoms with Gasteiger partial charge in [0.15, 0.2) is 0 Å². The smallest absolute Gasteiger partial charge is 0.268 e. The van der Waals surface area contributed by atoms with Crippen molar-refractivity contribution in [3.63, 3.8) is 0 Å². The van der Waals surface area contributed by atoms with Crippen molar-refractivity contribution < 1.29 is 0 Å². The summed E-state index contributed by atoms with van der Waals surface area (Å²) in [5, 5.41) is 9.14. The molecule has 0 aliphatic heterocycles. The summed E-state index contributed by atoms with van der Waals surface area (Å²) in [7, 11) is 0. The van der Waals surface area contributed by atoms with Crippen LogP contribution in [0, 0.1) is 20.3 Å². The highest BCUT2D eigenvalue weighted by Crippen LogP contribution is 2.21. The zero-order valence-corrected chi connectivity index (χ0v) is 13.3. The van der Waals surface area contributed by atoms with Crippen molar-refractivity contribution in [2.24, 2.45) is 5.41 Å². The molecule has 0 N–H and O–H groups in total. The largest absolute Gasteiger partial charge is 0.298 e. The Morgan fingerprint density at radius 1 is 1.56 bits per heavy atom. The lowest BCUT2D eigenvalue weighted by Crippen LogP contribution is -2.23. The van der Waals surface area contributed by atoms with Crippen LogP contribution in [0.3, 0.4) is 0 Å². The lowest BCUT2D eigenvalue weighted by Gasteiger charge is -2.14. The summed E-state index contributed by atoms with van der Waals surface area (Å²) in [5.74, 6) is 0. The molecule has 98 valence electrons. The third-order valence-corrected chi connectivity index (χ3v) is 4.27. The number of hydrogen-bond donors (Lipinski definition) is 0. The molecule has 0 aromatic carbocycles. The molecule has 1 aromatic heterocycles. The summed E-state index contributed by atoms with van der Waals surface area (Å²) in [4.78, 5) is 15.8. The van der Waals surface area contributed by atoms with E-state index in [-0.39, 0.29) is 16.1 Å². The third kappa shape index (κ3) is 4.25. The van der Waals surface area contributed by atoms with E-state index in [4.69, 9.17) is 16.9 Å². The number of unbranched alkanes of at least 4 members (excludes halogenated alkanes) is 1. The molecule has 1 aromatic rings. The van der Waals surface area contributed by atoms with E-state index in [1.165, 1.54) is 6.33 Å². The van der Waals surface area contributed by atoms with Gasteiger partial charge in [0.2, 0.25) is 0 Å². The van der Waals surface area contributed by atoms with Gasteiger partial charge in [0.05, 0.1) is 17.8 Å². The Labute approximate surface area is 125 Å². The molecule has 18 heavy (non-hydrogen) atoms. The van der Waals surface area contributed by atoms with Crippen LogP contribution in [0.25, 0.3) is 0 Å². The lowest BCUT2D eigenvalue weighted by molar-refractivity contribution is 0.415. The van der Waals surface area contributed by atoms with Gasteiger partial charge in [-0.1, -0.05) is 18.0 Å². The van der Waals surface area contributed by atoms with Crippen LogP contribution in [-0.2, 0) is 6.54 Å². The number of rotatable bonds is 5. The average Bonchev–Trinajstić information content (AvgIpc) is 2.34. The quantitative estimate of drug-likeness (QED) is 0.448. The third-order valence-electron chi connectivity index (χ3n) is 2.69. The molecule has 0 atom stereocenters. The highest BCUT2D eigenvalue weighted by atomic mass is 127. The minimum Gasteiger partial charge on any atom is -0.298 e. The van der Waals surface area contributed by atoms with Crippen molar-refractivity contribution in [1.29, 1.82) is 5.26 Å². The van der Waals surface area contributed by atoms with E-state index in [0.717, 1.165) is 19.3 Å². The van der Waals surface area contributed by atoms with E-state index < -0.39 is 0 Å². The molecule has 0 aliphatic rings. The van der Waals surface area contributed by atoms with Crippen LogP contribution in [-0.4, -0.2) is 9.55 Å². The van der Waals surface area contributed by atoms with Gasteiger partial charge >= 0.3 is 0 Å². The fraction of sp³-hybridized carbons (Fsp3) is 0.583. The Hall–Kier alpha value is -0.610. The first-order chi connectivity index (χ1) is 8.37. The molecule has 1 rings (SSSR count). The molecule has 6 heteroatoms. The van der Waals surface area contributed by atoms with Crippen LogP contribution >= 0.6 is 34.2 Å². The summed E-state index contributed by atoms with van der Waals surface area (Å²) in [6, 6.07) is 2.27. The van der Waals surface area contributed by atoms with E-state index in [1.807, 2.05) is 36.4 Å². The summed E-state index contributed by atoms with van der Waals surface area (Å²) >= 11 is 7.66. The maximum atomic E-state index is 11.8.